The van der Waals surface area contributed by atoms with E-state index < -0.39 is 0 Å². The van der Waals surface area contributed by atoms with Gasteiger partial charge in [0, 0.05) is 37.7 Å². The Labute approximate surface area is 155 Å². The topological polar surface area (TPSA) is 112 Å². The Morgan fingerprint density at radius 2 is 2.22 bits per heavy atom. The smallest absolute Gasteiger partial charge is 0.257 e. The zero-order chi connectivity index (χ0) is 18.8. The zero-order valence-corrected chi connectivity index (χ0v) is 15.0. The molecule has 1 saturated heterocycles. The van der Waals surface area contributed by atoms with E-state index in [2.05, 4.69) is 30.5 Å². The number of carbonyl (C=O) groups excluding carboxylic acids is 1. The molecule has 1 aliphatic rings. The van der Waals surface area contributed by atoms with Gasteiger partial charge in [0.2, 0.25) is 0 Å². The summed E-state index contributed by atoms with van der Waals surface area (Å²) in [5.74, 6) is 1.00. The van der Waals surface area contributed by atoms with Crippen LogP contribution in [0.25, 0.3) is 11.4 Å². The first-order chi connectivity index (χ1) is 13.1. The van der Waals surface area contributed by atoms with Crippen molar-refractivity contribution < 1.29 is 9.53 Å². The van der Waals surface area contributed by atoms with Crippen molar-refractivity contribution in [3.05, 3.63) is 47.8 Å². The van der Waals surface area contributed by atoms with Crippen molar-refractivity contribution >= 4 is 5.91 Å². The maximum Gasteiger partial charge on any atom is 0.257 e. The third kappa shape index (κ3) is 3.38. The number of nitrogens with zero attached hydrogens (tertiary/aromatic N) is 8. The Morgan fingerprint density at radius 3 is 2.93 bits per heavy atom. The van der Waals surface area contributed by atoms with Gasteiger partial charge in [-0.05, 0) is 29.5 Å². The third-order valence-corrected chi connectivity index (χ3v) is 4.42. The first kappa shape index (κ1) is 17.2. The van der Waals surface area contributed by atoms with E-state index in [1.54, 1.807) is 42.1 Å². The molecule has 0 saturated carbocycles. The SMILES string of the molecule is Cc1nc(-c2cccnc2)ncc1C(=O)N1CCOC(c2nnnn2C)C1. The Morgan fingerprint density at radius 1 is 1.33 bits per heavy atom. The average molecular weight is 366 g/mol. The van der Waals surface area contributed by atoms with E-state index >= 15 is 0 Å². The highest BCUT2D eigenvalue weighted by Crippen LogP contribution is 2.22. The fourth-order valence-electron chi connectivity index (χ4n) is 2.98. The molecule has 1 unspecified atom stereocenters. The molecule has 138 valence electrons. The lowest BCUT2D eigenvalue weighted by molar-refractivity contribution is -0.0284. The quantitative estimate of drug-likeness (QED) is 0.662. The molecule has 1 atom stereocenters. The van der Waals surface area contributed by atoms with Gasteiger partial charge >= 0.3 is 0 Å². The first-order valence-electron chi connectivity index (χ1n) is 8.50. The number of aryl methyl sites for hydroxylation is 2. The van der Waals surface area contributed by atoms with Crippen molar-refractivity contribution in [3.63, 3.8) is 0 Å². The Hall–Kier alpha value is -3.27. The van der Waals surface area contributed by atoms with Crippen LogP contribution in [-0.2, 0) is 11.8 Å². The highest BCUT2D eigenvalue weighted by Gasteiger charge is 2.30. The number of hydrogen-bond donors (Lipinski definition) is 0. The number of ether oxygens (including phenoxy) is 1. The largest absolute Gasteiger partial charge is 0.366 e. The summed E-state index contributed by atoms with van der Waals surface area (Å²) in [5, 5.41) is 11.4. The summed E-state index contributed by atoms with van der Waals surface area (Å²) in [5.41, 5.74) is 1.90. The maximum atomic E-state index is 13.0. The summed E-state index contributed by atoms with van der Waals surface area (Å²) in [6.45, 7) is 3.08. The lowest BCUT2D eigenvalue weighted by atomic mass is 10.1. The number of pyridine rings is 1. The van der Waals surface area contributed by atoms with Crippen LogP contribution in [0.5, 0.6) is 0 Å². The molecule has 1 fully saturated rings. The Kier molecular flexibility index (Phi) is 4.55. The van der Waals surface area contributed by atoms with E-state index in [0.29, 0.717) is 42.6 Å². The number of morpholine rings is 1. The second-order valence-corrected chi connectivity index (χ2v) is 6.21. The van der Waals surface area contributed by atoms with E-state index in [1.807, 2.05) is 12.1 Å². The van der Waals surface area contributed by atoms with Crippen LogP contribution in [-0.4, -0.2) is 65.7 Å². The molecule has 10 nitrogen and oxygen atoms in total. The van der Waals surface area contributed by atoms with Crippen LogP contribution in [0, 0.1) is 6.92 Å². The van der Waals surface area contributed by atoms with Gasteiger partial charge in [-0.2, -0.15) is 0 Å². The first-order valence-corrected chi connectivity index (χ1v) is 8.50. The minimum Gasteiger partial charge on any atom is -0.366 e. The summed E-state index contributed by atoms with van der Waals surface area (Å²) in [6, 6.07) is 3.70. The molecule has 1 aliphatic heterocycles. The van der Waals surface area contributed by atoms with Crippen molar-refractivity contribution in [2.45, 2.75) is 13.0 Å². The number of hydrogen-bond acceptors (Lipinski definition) is 8. The summed E-state index contributed by atoms with van der Waals surface area (Å²) < 4.78 is 7.28. The molecule has 10 heteroatoms. The molecule has 1 amide bonds. The molecule has 0 spiro atoms. The van der Waals surface area contributed by atoms with Crippen LogP contribution in [0.3, 0.4) is 0 Å². The van der Waals surface area contributed by atoms with Gasteiger partial charge in [-0.25, -0.2) is 14.6 Å². The number of carbonyl (C=O) groups is 1. The second kappa shape index (κ2) is 7.16. The summed E-state index contributed by atoms with van der Waals surface area (Å²) in [4.78, 5) is 27.6. The molecule has 0 N–H and O–H groups in total. The number of amides is 1. The molecule has 0 aromatic carbocycles. The number of rotatable bonds is 3. The van der Waals surface area contributed by atoms with E-state index in [1.165, 1.54) is 0 Å². The normalized spacial score (nSPS) is 17.1. The molecule has 3 aromatic heterocycles. The summed E-state index contributed by atoms with van der Waals surface area (Å²) in [7, 11) is 1.74. The Balaban J connectivity index is 1.55. The second-order valence-electron chi connectivity index (χ2n) is 6.21. The molecular formula is C17H18N8O2. The predicted octanol–water partition coefficient (Wildman–Crippen LogP) is 0.584. The van der Waals surface area contributed by atoms with E-state index in [4.69, 9.17) is 4.74 Å². The highest BCUT2D eigenvalue weighted by molar-refractivity contribution is 5.95. The molecule has 0 aliphatic carbocycles. The molecule has 0 bridgehead atoms. The molecule has 4 rings (SSSR count). The lowest BCUT2D eigenvalue weighted by Gasteiger charge is -2.32. The standard InChI is InChI=1S/C17H18N8O2/c1-11-13(9-19-15(20-11)12-4-3-5-18-8-12)17(26)25-6-7-27-14(10-25)16-21-22-23-24(16)2/h3-5,8-9,14H,6-7,10H2,1-2H3. The van der Waals surface area contributed by atoms with Crippen molar-refractivity contribution in [3.8, 4) is 11.4 Å². The Bertz CT molecular complexity index is 959. The van der Waals surface area contributed by atoms with Crippen LogP contribution >= 0.6 is 0 Å². The van der Waals surface area contributed by atoms with Gasteiger partial charge < -0.3 is 9.64 Å². The van der Waals surface area contributed by atoms with Crippen LogP contribution in [0.2, 0.25) is 0 Å². The van der Waals surface area contributed by atoms with Gasteiger partial charge in [0.05, 0.1) is 24.4 Å². The van der Waals surface area contributed by atoms with Crippen molar-refractivity contribution in [1.29, 1.82) is 0 Å². The van der Waals surface area contributed by atoms with Crippen molar-refractivity contribution in [1.82, 2.24) is 40.1 Å². The van der Waals surface area contributed by atoms with Crippen LogP contribution in [0.15, 0.2) is 30.7 Å². The van der Waals surface area contributed by atoms with Crippen LogP contribution in [0.4, 0.5) is 0 Å². The fraction of sp³-hybridized carbons (Fsp3) is 0.353. The van der Waals surface area contributed by atoms with Crippen LogP contribution in [0.1, 0.15) is 28.0 Å². The molecule has 4 heterocycles. The van der Waals surface area contributed by atoms with Gasteiger partial charge in [0.25, 0.3) is 5.91 Å². The average Bonchev–Trinajstić information content (AvgIpc) is 3.14. The van der Waals surface area contributed by atoms with E-state index in [-0.39, 0.29) is 12.0 Å². The number of tetrazole rings is 1. The van der Waals surface area contributed by atoms with E-state index in [0.717, 1.165) is 5.56 Å². The molecule has 3 aromatic rings. The molecule has 0 radical (unpaired) electrons. The summed E-state index contributed by atoms with van der Waals surface area (Å²) in [6.07, 6.45) is 4.59. The number of aromatic nitrogens is 7. The maximum absolute atomic E-state index is 13.0. The lowest BCUT2D eigenvalue weighted by Crippen LogP contribution is -2.43. The van der Waals surface area contributed by atoms with E-state index in [9.17, 15) is 4.79 Å². The van der Waals surface area contributed by atoms with Crippen molar-refractivity contribution in [2.24, 2.45) is 7.05 Å². The van der Waals surface area contributed by atoms with Gasteiger partial charge in [0.1, 0.15) is 6.10 Å². The summed E-state index contributed by atoms with van der Waals surface area (Å²) >= 11 is 0. The van der Waals surface area contributed by atoms with Crippen LogP contribution < -0.4 is 0 Å². The van der Waals surface area contributed by atoms with Gasteiger partial charge in [-0.3, -0.25) is 9.78 Å². The monoisotopic (exact) mass is 366 g/mol. The van der Waals surface area contributed by atoms with Crippen molar-refractivity contribution in [2.75, 3.05) is 19.7 Å². The zero-order valence-electron chi connectivity index (χ0n) is 15.0. The fourth-order valence-corrected chi connectivity index (χ4v) is 2.98. The minimum absolute atomic E-state index is 0.131. The third-order valence-electron chi connectivity index (χ3n) is 4.42. The van der Waals surface area contributed by atoms with Gasteiger partial charge in [0.15, 0.2) is 11.6 Å². The minimum atomic E-state index is -0.362. The van der Waals surface area contributed by atoms with Gasteiger partial charge in [-0.1, -0.05) is 0 Å². The predicted molar refractivity (Wildman–Crippen MR) is 93.4 cm³/mol. The molecule has 27 heavy (non-hydrogen) atoms. The highest BCUT2D eigenvalue weighted by atomic mass is 16.5. The molecular weight excluding hydrogens is 348 g/mol. The van der Waals surface area contributed by atoms with Gasteiger partial charge in [-0.15, -0.1) is 5.10 Å².